The van der Waals surface area contributed by atoms with E-state index in [9.17, 15) is 36.0 Å². The standard InChI is InChI=1S/C21H20F4N4O4S/c1-12-10-16(21(23,24)25)15(11-26)19(27-12)29-9-8-17(33-34(3,31)32)18(29)20(30)28(2)14-6-4-13(22)5-7-14/h4-7,10,17-18H,8-9H2,1-3H3/t17-,18-/m0/s1. The first-order valence-electron chi connectivity index (χ1n) is 9.90. The predicted molar refractivity (Wildman–Crippen MR) is 114 cm³/mol. The molecule has 0 unspecified atom stereocenters. The van der Waals surface area contributed by atoms with Gasteiger partial charge in [-0.3, -0.25) is 8.98 Å². The van der Waals surface area contributed by atoms with E-state index in [0.29, 0.717) is 0 Å². The quantitative estimate of drug-likeness (QED) is 0.459. The molecular weight excluding hydrogens is 480 g/mol. The van der Waals surface area contributed by atoms with Gasteiger partial charge in [-0.1, -0.05) is 0 Å². The summed E-state index contributed by atoms with van der Waals surface area (Å²) in [5.41, 5.74) is -1.81. The fraction of sp³-hybridized carbons (Fsp3) is 0.381. The van der Waals surface area contributed by atoms with Gasteiger partial charge in [-0.2, -0.15) is 26.9 Å². The van der Waals surface area contributed by atoms with Crippen molar-refractivity contribution in [3.05, 3.63) is 53.0 Å². The summed E-state index contributed by atoms with van der Waals surface area (Å²) in [5.74, 6) is -1.69. The molecule has 3 rings (SSSR count). The molecule has 1 aliphatic heterocycles. The number of halogens is 4. The number of pyridine rings is 1. The number of likely N-dealkylation sites (N-methyl/N-ethyl adjacent to an activating group) is 1. The summed E-state index contributed by atoms with van der Waals surface area (Å²) in [6, 6.07) is 5.67. The Morgan fingerprint density at radius 3 is 2.44 bits per heavy atom. The van der Waals surface area contributed by atoms with Gasteiger partial charge in [0.2, 0.25) is 0 Å². The van der Waals surface area contributed by atoms with Crippen molar-refractivity contribution in [3.63, 3.8) is 0 Å². The number of aromatic nitrogens is 1. The Bertz CT molecular complexity index is 1240. The van der Waals surface area contributed by atoms with Crippen molar-refractivity contribution < 1.29 is 35.0 Å². The number of carbonyl (C=O) groups is 1. The molecule has 1 saturated heterocycles. The lowest BCUT2D eigenvalue weighted by Crippen LogP contribution is -2.50. The van der Waals surface area contributed by atoms with Gasteiger partial charge in [0.1, 0.15) is 35.4 Å². The Morgan fingerprint density at radius 2 is 1.91 bits per heavy atom. The first kappa shape index (κ1) is 25.4. The molecule has 0 radical (unpaired) electrons. The van der Waals surface area contributed by atoms with Gasteiger partial charge in [-0.15, -0.1) is 0 Å². The summed E-state index contributed by atoms with van der Waals surface area (Å²) in [7, 11) is -2.70. The summed E-state index contributed by atoms with van der Waals surface area (Å²) in [6.07, 6.45) is -5.37. The van der Waals surface area contributed by atoms with Crippen molar-refractivity contribution in [3.8, 4) is 6.07 Å². The Hall–Kier alpha value is -3.24. The Morgan fingerprint density at radius 1 is 1.29 bits per heavy atom. The number of alkyl halides is 3. The van der Waals surface area contributed by atoms with Gasteiger partial charge in [0.05, 0.1) is 11.8 Å². The van der Waals surface area contributed by atoms with Gasteiger partial charge >= 0.3 is 6.18 Å². The topological polar surface area (TPSA) is 104 Å². The number of amides is 1. The van der Waals surface area contributed by atoms with Crippen LogP contribution in [0, 0.1) is 24.1 Å². The smallest absolute Gasteiger partial charge is 0.341 e. The van der Waals surface area contributed by atoms with E-state index in [1.165, 1.54) is 32.2 Å². The number of nitriles is 1. The van der Waals surface area contributed by atoms with E-state index in [1.807, 2.05) is 0 Å². The number of rotatable bonds is 5. The van der Waals surface area contributed by atoms with E-state index in [4.69, 9.17) is 4.18 Å². The lowest BCUT2D eigenvalue weighted by Gasteiger charge is -2.32. The molecule has 2 atom stereocenters. The van der Waals surface area contributed by atoms with Crippen molar-refractivity contribution in [2.45, 2.75) is 31.7 Å². The van der Waals surface area contributed by atoms with Crippen LogP contribution in [0.3, 0.4) is 0 Å². The molecule has 8 nitrogen and oxygen atoms in total. The molecule has 1 amide bonds. The van der Waals surface area contributed by atoms with E-state index < -0.39 is 57.1 Å². The normalized spacial score (nSPS) is 18.6. The number of aryl methyl sites for hydroxylation is 1. The molecule has 2 heterocycles. The highest BCUT2D eigenvalue weighted by atomic mass is 32.2. The van der Waals surface area contributed by atoms with Crippen LogP contribution in [0.2, 0.25) is 0 Å². The van der Waals surface area contributed by atoms with Crippen LogP contribution >= 0.6 is 0 Å². The second kappa shape index (κ2) is 9.19. The molecule has 34 heavy (non-hydrogen) atoms. The summed E-state index contributed by atoms with van der Waals surface area (Å²) in [5, 5.41) is 9.53. The molecule has 0 N–H and O–H groups in total. The largest absolute Gasteiger partial charge is 0.417 e. The van der Waals surface area contributed by atoms with Gasteiger partial charge < -0.3 is 9.80 Å². The number of hydrogen-bond acceptors (Lipinski definition) is 7. The van der Waals surface area contributed by atoms with Crippen molar-refractivity contribution in [2.24, 2.45) is 0 Å². The van der Waals surface area contributed by atoms with Crippen molar-refractivity contribution >= 4 is 27.5 Å². The molecule has 0 spiro atoms. The maximum atomic E-state index is 13.6. The van der Waals surface area contributed by atoms with Gasteiger partial charge in [0, 0.05) is 25.0 Å². The average Bonchev–Trinajstić information content (AvgIpc) is 3.13. The Labute approximate surface area is 193 Å². The maximum Gasteiger partial charge on any atom is 0.417 e. The van der Waals surface area contributed by atoms with E-state index in [2.05, 4.69) is 4.98 Å². The minimum Gasteiger partial charge on any atom is -0.341 e. The molecule has 182 valence electrons. The van der Waals surface area contributed by atoms with Crippen LogP contribution in [-0.2, 0) is 25.3 Å². The Balaban J connectivity index is 2.13. The van der Waals surface area contributed by atoms with Gasteiger partial charge in [0.25, 0.3) is 16.0 Å². The summed E-state index contributed by atoms with van der Waals surface area (Å²) >= 11 is 0. The van der Waals surface area contributed by atoms with Crippen molar-refractivity contribution in [1.29, 1.82) is 5.26 Å². The fourth-order valence-electron chi connectivity index (χ4n) is 3.81. The van der Waals surface area contributed by atoms with E-state index in [1.54, 1.807) is 0 Å². The second-order valence-corrected chi connectivity index (χ2v) is 9.36. The second-order valence-electron chi connectivity index (χ2n) is 7.76. The first-order valence-corrected chi connectivity index (χ1v) is 11.7. The highest BCUT2D eigenvalue weighted by molar-refractivity contribution is 7.86. The summed E-state index contributed by atoms with van der Waals surface area (Å²) < 4.78 is 82.9. The van der Waals surface area contributed by atoms with Gasteiger partial charge in [-0.05, 0) is 43.7 Å². The summed E-state index contributed by atoms with van der Waals surface area (Å²) in [4.78, 5) is 19.8. The van der Waals surface area contributed by atoms with Crippen LogP contribution in [0.15, 0.2) is 30.3 Å². The molecule has 13 heteroatoms. The third-order valence-corrected chi connectivity index (χ3v) is 5.85. The zero-order chi connectivity index (χ0) is 25.4. The summed E-state index contributed by atoms with van der Waals surface area (Å²) in [6.45, 7) is 1.21. The number of benzene rings is 1. The molecule has 1 aromatic heterocycles. The minimum absolute atomic E-state index is 0.0391. The zero-order valence-corrected chi connectivity index (χ0v) is 19.1. The molecule has 2 aromatic rings. The lowest BCUT2D eigenvalue weighted by atomic mass is 10.1. The number of nitrogens with zero attached hydrogens (tertiary/aromatic N) is 4. The monoisotopic (exact) mass is 500 g/mol. The van der Waals surface area contributed by atoms with Crippen LogP contribution in [0.1, 0.15) is 23.2 Å². The molecule has 0 aliphatic carbocycles. The molecule has 1 aliphatic rings. The van der Waals surface area contributed by atoms with Crippen molar-refractivity contribution in [1.82, 2.24) is 4.98 Å². The zero-order valence-electron chi connectivity index (χ0n) is 18.3. The van der Waals surface area contributed by atoms with Crippen LogP contribution in [0.25, 0.3) is 0 Å². The molecule has 0 bridgehead atoms. The third-order valence-electron chi connectivity index (χ3n) is 5.26. The number of hydrogen-bond donors (Lipinski definition) is 0. The lowest BCUT2D eigenvalue weighted by molar-refractivity contribution is -0.137. The SMILES string of the molecule is Cc1cc(C(F)(F)F)c(C#N)c(N2CC[C@H](OS(C)(=O)=O)[C@H]2C(=O)N(C)c2ccc(F)cc2)n1. The number of anilines is 2. The highest BCUT2D eigenvalue weighted by Crippen LogP contribution is 2.38. The maximum absolute atomic E-state index is 13.6. The number of carbonyl (C=O) groups excluding carboxylic acids is 1. The first-order chi connectivity index (χ1) is 15.7. The van der Waals surface area contributed by atoms with Crippen LogP contribution < -0.4 is 9.80 Å². The van der Waals surface area contributed by atoms with Crippen molar-refractivity contribution in [2.75, 3.05) is 29.6 Å². The van der Waals surface area contributed by atoms with Gasteiger partial charge in [-0.25, -0.2) is 9.37 Å². The van der Waals surface area contributed by atoms with E-state index in [0.717, 1.165) is 34.3 Å². The van der Waals surface area contributed by atoms with Gasteiger partial charge in [0.15, 0.2) is 0 Å². The van der Waals surface area contributed by atoms with Crippen LogP contribution in [-0.4, -0.2) is 51.3 Å². The van der Waals surface area contributed by atoms with Crippen LogP contribution in [0.5, 0.6) is 0 Å². The minimum atomic E-state index is -4.86. The van der Waals surface area contributed by atoms with E-state index >= 15 is 0 Å². The van der Waals surface area contributed by atoms with Crippen LogP contribution in [0.4, 0.5) is 29.1 Å². The Kier molecular flexibility index (Phi) is 6.86. The molecule has 0 saturated carbocycles. The van der Waals surface area contributed by atoms with E-state index in [-0.39, 0.29) is 24.3 Å². The highest BCUT2D eigenvalue weighted by Gasteiger charge is 2.46. The molecule has 1 fully saturated rings. The fourth-order valence-corrected chi connectivity index (χ4v) is 4.46. The molecular formula is C21H20F4N4O4S. The predicted octanol–water partition coefficient (Wildman–Crippen LogP) is 3.01. The average molecular weight is 500 g/mol. The molecule has 1 aromatic carbocycles. The third kappa shape index (κ3) is 5.28.